The molecule has 8 heteroatoms. The third-order valence-electron chi connectivity index (χ3n) is 5.61. The number of thiophene rings is 1. The average molecular weight is 460 g/mol. The molecule has 0 saturated heterocycles. The van der Waals surface area contributed by atoms with Gasteiger partial charge in [0.15, 0.2) is 5.69 Å². The number of aromatic amines is 1. The van der Waals surface area contributed by atoms with Crippen LogP contribution in [0.5, 0.6) is 5.75 Å². The predicted molar refractivity (Wildman–Crippen MR) is 126 cm³/mol. The maximum absolute atomic E-state index is 13.6. The number of carbonyl (C=O) groups is 2. The maximum atomic E-state index is 13.6. The fourth-order valence-electron chi connectivity index (χ4n) is 4.17. The van der Waals surface area contributed by atoms with Gasteiger partial charge in [0.1, 0.15) is 5.75 Å². The molecular formula is C25H21N3O4S. The van der Waals surface area contributed by atoms with Gasteiger partial charge in [-0.05, 0) is 48.7 Å². The van der Waals surface area contributed by atoms with Crippen molar-refractivity contribution in [2.24, 2.45) is 0 Å². The number of methoxy groups -OCH3 is 1. The molecule has 1 amide bonds. The summed E-state index contributed by atoms with van der Waals surface area (Å²) in [7, 11) is 1.62. The summed E-state index contributed by atoms with van der Waals surface area (Å²) in [5.74, 6) is 0.0599. The summed E-state index contributed by atoms with van der Waals surface area (Å²) in [6.45, 7) is 2.06. The smallest absolute Gasteiger partial charge is 0.338 e. The van der Waals surface area contributed by atoms with Gasteiger partial charge in [0.25, 0.3) is 5.91 Å². The fraction of sp³-hybridized carbons (Fsp3) is 0.160. The number of anilines is 1. The minimum absolute atomic E-state index is 0.219. The highest BCUT2D eigenvalue weighted by Gasteiger charge is 2.44. The van der Waals surface area contributed by atoms with Crippen molar-refractivity contribution in [1.29, 1.82) is 0 Å². The minimum atomic E-state index is -0.451. The molecule has 1 atom stereocenters. The summed E-state index contributed by atoms with van der Waals surface area (Å²) in [6.07, 6.45) is 0. The monoisotopic (exact) mass is 459 g/mol. The lowest BCUT2D eigenvalue weighted by Gasteiger charge is -2.27. The van der Waals surface area contributed by atoms with E-state index in [-0.39, 0.29) is 5.91 Å². The van der Waals surface area contributed by atoms with E-state index >= 15 is 0 Å². The first kappa shape index (κ1) is 21.0. The van der Waals surface area contributed by atoms with Crippen LogP contribution in [0.2, 0.25) is 0 Å². The van der Waals surface area contributed by atoms with E-state index in [1.54, 1.807) is 54.5 Å². The second kappa shape index (κ2) is 8.55. The van der Waals surface area contributed by atoms with Gasteiger partial charge in [-0.15, -0.1) is 11.3 Å². The largest absolute Gasteiger partial charge is 0.496 e. The van der Waals surface area contributed by atoms with Gasteiger partial charge in [0, 0.05) is 16.8 Å². The van der Waals surface area contributed by atoms with Gasteiger partial charge in [-0.3, -0.25) is 14.8 Å². The molecule has 5 rings (SSSR count). The third kappa shape index (κ3) is 3.48. The van der Waals surface area contributed by atoms with Crippen molar-refractivity contribution in [2.45, 2.75) is 13.0 Å². The molecule has 1 N–H and O–H groups in total. The van der Waals surface area contributed by atoms with Crippen molar-refractivity contribution >= 4 is 28.9 Å². The van der Waals surface area contributed by atoms with E-state index in [1.165, 1.54) is 0 Å². The Bertz CT molecular complexity index is 1310. The quantitative estimate of drug-likeness (QED) is 0.407. The van der Waals surface area contributed by atoms with Crippen LogP contribution in [0.4, 0.5) is 5.69 Å². The zero-order chi connectivity index (χ0) is 22.9. The molecule has 0 aliphatic carbocycles. The highest BCUT2D eigenvalue weighted by Crippen LogP contribution is 2.47. The van der Waals surface area contributed by atoms with Crippen molar-refractivity contribution in [3.8, 4) is 16.3 Å². The third-order valence-corrected chi connectivity index (χ3v) is 6.50. The summed E-state index contributed by atoms with van der Waals surface area (Å²) in [5.41, 5.74) is 3.93. The molecule has 3 heterocycles. The Kier molecular flexibility index (Phi) is 5.43. The number of fused-ring (bicyclic) bond motifs is 1. The van der Waals surface area contributed by atoms with E-state index in [1.807, 2.05) is 41.8 Å². The Labute approximate surface area is 194 Å². The number of amides is 1. The lowest BCUT2D eigenvalue weighted by molar-refractivity contribution is 0.0526. The Balaban J connectivity index is 1.66. The predicted octanol–water partition coefficient (Wildman–Crippen LogP) is 5.07. The first-order valence-corrected chi connectivity index (χ1v) is 11.4. The molecule has 0 fully saturated rings. The first-order valence-electron chi connectivity index (χ1n) is 10.5. The number of carbonyl (C=O) groups excluding carboxylic acids is 2. The van der Waals surface area contributed by atoms with Crippen molar-refractivity contribution < 1.29 is 19.1 Å². The van der Waals surface area contributed by atoms with Crippen LogP contribution in [-0.4, -0.2) is 35.8 Å². The molecule has 0 spiro atoms. The lowest BCUT2D eigenvalue weighted by Crippen LogP contribution is -2.29. The molecule has 0 saturated carbocycles. The molecule has 7 nitrogen and oxygen atoms in total. The summed E-state index contributed by atoms with van der Waals surface area (Å²) >= 11 is 1.58. The molecule has 2 aromatic heterocycles. The second-order valence-corrected chi connectivity index (χ2v) is 8.37. The fourth-order valence-corrected chi connectivity index (χ4v) is 4.91. The molecule has 0 radical (unpaired) electrons. The summed E-state index contributed by atoms with van der Waals surface area (Å²) in [6, 6.07) is 18.0. The van der Waals surface area contributed by atoms with Crippen molar-refractivity contribution in [2.75, 3.05) is 18.6 Å². The normalized spacial score (nSPS) is 14.9. The topological polar surface area (TPSA) is 84.5 Å². The molecular weight excluding hydrogens is 438 g/mol. The highest BCUT2D eigenvalue weighted by molar-refractivity contribution is 7.13. The molecule has 4 aromatic rings. The van der Waals surface area contributed by atoms with Gasteiger partial charge < -0.3 is 9.47 Å². The zero-order valence-corrected chi connectivity index (χ0v) is 18.9. The number of hydrogen-bond acceptors (Lipinski definition) is 6. The zero-order valence-electron chi connectivity index (χ0n) is 18.1. The number of benzene rings is 2. The van der Waals surface area contributed by atoms with Crippen LogP contribution < -0.4 is 9.64 Å². The number of ether oxygens (including phenoxy) is 2. The molecule has 33 heavy (non-hydrogen) atoms. The van der Waals surface area contributed by atoms with E-state index in [4.69, 9.17) is 9.47 Å². The van der Waals surface area contributed by atoms with Crippen LogP contribution in [0.25, 0.3) is 10.6 Å². The summed E-state index contributed by atoms with van der Waals surface area (Å²) in [4.78, 5) is 28.4. The van der Waals surface area contributed by atoms with Crippen LogP contribution >= 0.6 is 11.3 Å². The first-order chi connectivity index (χ1) is 16.1. The summed E-state index contributed by atoms with van der Waals surface area (Å²) in [5, 5.41) is 9.44. The van der Waals surface area contributed by atoms with Crippen LogP contribution in [0.1, 0.15) is 44.9 Å². The maximum Gasteiger partial charge on any atom is 0.338 e. The van der Waals surface area contributed by atoms with Gasteiger partial charge in [-0.2, -0.15) is 5.10 Å². The number of hydrogen-bond donors (Lipinski definition) is 1. The van der Waals surface area contributed by atoms with Crippen LogP contribution in [-0.2, 0) is 4.74 Å². The molecule has 0 unspecified atom stereocenters. The van der Waals surface area contributed by atoms with Gasteiger partial charge in [-0.1, -0.05) is 24.3 Å². The van der Waals surface area contributed by atoms with E-state index < -0.39 is 12.0 Å². The standard InChI is InChI=1S/C25H21N3O4S/c1-3-32-25(30)15-10-12-16(13-11-15)28-23(17-7-4-5-8-18(17)31-2)20-21(19-9-6-14-33-19)26-27-22(20)24(28)29/h4-14,23H,3H2,1-2H3,(H,26,27)/t23-/m1/s1. The number of nitrogens with one attached hydrogen (secondary N) is 1. The lowest BCUT2D eigenvalue weighted by atomic mass is 9.97. The molecule has 166 valence electrons. The number of nitrogens with zero attached hydrogens (tertiary/aromatic N) is 2. The van der Waals surface area contributed by atoms with E-state index in [0.29, 0.717) is 29.3 Å². The van der Waals surface area contributed by atoms with Crippen LogP contribution in [0.3, 0.4) is 0 Å². The van der Waals surface area contributed by atoms with Gasteiger partial charge in [0.05, 0.1) is 35.9 Å². The van der Waals surface area contributed by atoms with E-state index in [9.17, 15) is 9.59 Å². The number of H-pyrrole nitrogens is 1. The minimum Gasteiger partial charge on any atom is -0.496 e. The van der Waals surface area contributed by atoms with Gasteiger partial charge >= 0.3 is 5.97 Å². The molecule has 1 aliphatic heterocycles. The number of para-hydroxylation sites is 1. The second-order valence-electron chi connectivity index (χ2n) is 7.43. The van der Waals surface area contributed by atoms with Crippen LogP contribution in [0.15, 0.2) is 66.0 Å². The highest BCUT2D eigenvalue weighted by atomic mass is 32.1. The molecule has 0 bridgehead atoms. The Morgan fingerprint density at radius 1 is 1.12 bits per heavy atom. The number of aromatic nitrogens is 2. The van der Waals surface area contributed by atoms with Gasteiger partial charge in [0.2, 0.25) is 0 Å². The van der Waals surface area contributed by atoms with Crippen molar-refractivity contribution in [3.05, 3.63) is 88.4 Å². The van der Waals surface area contributed by atoms with Gasteiger partial charge in [-0.25, -0.2) is 4.79 Å². The molecule has 1 aliphatic rings. The molecule has 2 aromatic carbocycles. The number of esters is 1. The summed E-state index contributed by atoms with van der Waals surface area (Å²) < 4.78 is 10.7. The van der Waals surface area contributed by atoms with Crippen LogP contribution in [0, 0.1) is 0 Å². The number of rotatable bonds is 6. The Morgan fingerprint density at radius 2 is 1.91 bits per heavy atom. The SMILES string of the molecule is CCOC(=O)c1ccc(N2C(=O)c3n[nH]c(-c4cccs4)c3[C@H]2c2ccccc2OC)cc1. The van der Waals surface area contributed by atoms with E-state index in [0.717, 1.165) is 21.7 Å². The average Bonchev–Trinajstić information content (AvgIpc) is 3.57. The van der Waals surface area contributed by atoms with E-state index in [2.05, 4.69) is 10.2 Å². The Morgan fingerprint density at radius 3 is 2.61 bits per heavy atom. The Hall–Kier alpha value is -3.91. The van der Waals surface area contributed by atoms with Crippen molar-refractivity contribution in [3.63, 3.8) is 0 Å². The van der Waals surface area contributed by atoms with Crippen molar-refractivity contribution in [1.82, 2.24) is 10.2 Å².